The average molecular weight is 237 g/mol. The minimum atomic E-state index is -0.867. The number of aliphatic carboxylic acids is 1. The summed E-state index contributed by atoms with van der Waals surface area (Å²) >= 11 is 0. The zero-order valence-corrected chi connectivity index (χ0v) is 9.51. The quantitative estimate of drug-likeness (QED) is 0.680. The van der Waals surface area contributed by atoms with Gasteiger partial charge in [-0.1, -0.05) is 6.92 Å². The van der Waals surface area contributed by atoms with Gasteiger partial charge in [0.2, 0.25) is 0 Å². The summed E-state index contributed by atoms with van der Waals surface area (Å²) < 4.78 is 0. The number of nitrogens with two attached hydrogens (primary N) is 1. The van der Waals surface area contributed by atoms with E-state index >= 15 is 0 Å². The van der Waals surface area contributed by atoms with Crippen LogP contribution in [0.4, 0.5) is 5.69 Å². The van der Waals surface area contributed by atoms with Crippen LogP contribution in [0.15, 0.2) is 18.3 Å². The van der Waals surface area contributed by atoms with Crippen LogP contribution in [0, 0.1) is 0 Å². The van der Waals surface area contributed by atoms with Crippen LogP contribution < -0.4 is 11.1 Å². The maximum atomic E-state index is 10.9. The van der Waals surface area contributed by atoms with Gasteiger partial charge in [-0.2, -0.15) is 0 Å². The average Bonchev–Trinajstić information content (AvgIpc) is 2.28. The van der Waals surface area contributed by atoms with Crippen LogP contribution in [0.1, 0.15) is 30.3 Å². The first-order valence-electron chi connectivity index (χ1n) is 5.27. The van der Waals surface area contributed by atoms with Gasteiger partial charge in [0.15, 0.2) is 0 Å². The summed E-state index contributed by atoms with van der Waals surface area (Å²) in [6, 6.07) is 2.99. The third kappa shape index (κ3) is 4.10. The largest absolute Gasteiger partial charge is 0.481 e. The Morgan fingerprint density at radius 3 is 2.82 bits per heavy atom. The number of carboxylic acid groups (broad SMARTS) is 1. The van der Waals surface area contributed by atoms with Crippen LogP contribution in [-0.2, 0) is 4.79 Å². The van der Waals surface area contributed by atoms with Gasteiger partial charge in [0, 0.05) is 17.9 Å². The highest BCUT2D eigenvalue weighted by Crippen LogP contribution is 2.12. The molecule has 0 radical (unpaired) electrons. The second-order valence-corrected chi connectivity index (χ2v) is 3.64. The molecule has 1 unspecified atom stereocenters. The Hall–Kier alpha value is -2.11. The molecule has 0 aliphatic rings. The van der Waals surface area contributed by atoms with E-state index in [0.717, 1.165) is 0 Å². The minimum Gasteiger partial charge on any atom is -0.481 e. The molecule has 0 aliphatic heterocycles. The predicted molar refractivity (Wildman–Crippen MR) is 62.7 cm³/mol. The smallest absolute Gasteiger partial charge is 0.305 e. The fourth-order valence-electron chi connectivity index (χ4n) is 1.40. The van der Waals surface area contributed by atoms with Crippen molar-refractivity contribution in [2.24, 2.45) is 5.73 Å². The number of carbonyl (C=O) groups is 2. The second kappa shape index (κ2) is 5.83. The molecule has 1 aromatic heterocycles. The Kier molecular flexibility index (Phi) is 4.45. The van der Waals surface area contributed by atoms with Gasteiger partial charge < -0.3 is 16.2 Å². The van der Waals surface area contributed by atoms with Crippen molar-refractivity contribution in [2.45, 2.75) is 25.8 Å². The first-order chi connectivity index (χ1) is 8.02. The van der Waals surface area contributed by atoms with E-state index in [4.69, 9.17) is 10.8 Å². The number of nitrogens with one attached hydrogen (secondary N) is 1. The molecule has 0 fully saturated rings. The summed E-state index contributed by atoms with van der Waals surface area (Å²) in [5, 5.41) is 11.7. The van der Waals surface area contributed by atoms with Crippen molar-refractivity contribution in [1.29, 1.82) is 0 Å². The Morgan fingerprint density at radius 1 is 1.59 bits per heavy atom. The molecule has 4 N–H and O–H groups in total. The van der Waals surface area contributed by atoms with Crippen molar-refractivity contribution in [3.8, 4) is 0 Å². The number of amides is 1. The summed E-state index contributed by atoms with van der Waals surface area (Å²) in [5.41, 5.74) is 5.90. The number of anilines is 1. The number of primary amides is 1. The van der Waals surface area contributed by atoms with Gasteiger partial charge in [0.1, 0.15) is 5.69 Å². The Bertz CT molecular complexity index is 420. The fourth-order valence-corrected chi connectivity index (χ4v) is 1.40. The third-order valence-electron chi connectivity index (χ3n) is 2.30. The number of aromatic nitrogens is 1. The lowest BCUT2D eigenvalue weighted by Gasteiger charge is -2.16. The van der Waals surface area contributed by atoms with Crippen molar-refractivity contribution in [3.63, 3.8) is 0 Å². The van der Waals surface area contributed by atoms with Crippen LogP contribution in [-0.4, -0.2) is 28.0 Å². The number of hydrogen-bond acceptors (Lipinski definition) is 4. The van der Waals surface area contributed by atoms with Gasteiger partial charge in [-0.05, 0) is 18.6 Å². The lowest BCUT2D eigenvalue weighted by atomic mass is 10.1. The molecule has 1 rings (SSSR count). The summed E-state index contributed by atoms with van der Waals surface area (Å²) in [5.74, 6) is -1.48. The molecule has 17 heavy (non-hydrogen) atoms. The summed E-state index contributed by atoms with van der Waals surface area (Å²) in [4.78, 5) is 25.3. The van der Waals surface area contributed by atoms with Crippen LogP contribution in [0.25, 0.3) is 0 Å². The number of nitrogens with zero attached hydrogens (tertiary/aromatic N) is 1. The van der Waals surface area contributed by atoms with E-state index in [1.54, 1.807) is 6.07 Å². The summed E-state index contributed by atoms with van der Waals surface area (Å²) in [6.45, 7) is 1.89. The monoisotopic (exact) mass is 237 g/mol. The van der Waals surface area contributed by atoms with Gasteiger partial charge in [-0.25, -0.2) is 0 Å². The molecule has 1 amide bonds. The van der Waals surface area contributed by atoms with E-state index < -0.39 is 11.9 Å². The SMILES string of the molecule is CCC(CC(=O)O)Nc1ccnc(C(N)=O)c1. The lowest BCUT2D eigenvalue weighted by molar-refractivity contribution is -0.137. The van der Waals surface area contributed by atoms with Gasteiger partial charge in [-0.15, -0.1) is 0 Å². The zero-order chi connectivity index (χ0) is 12.8. The van der Waals surface area contributed by atoms with E-state index in [9.17, 15) is 9.59 Å². The highest BCUT2D eigenvalue weighted by Gasteiger charge is 2.11. The van der Waals surface area contributed by atoms with Gasteiger partial charge in [0.25, 0.3) is 5.91 Å². The number of rotatable bonds is 6. The van der Waals surface area contributed by atoms with Crippen LogP contribution in [0.3, 0.4) is 0 Å². The predicted octanol–water partition coefficient (Wildman–Crippen LogP) is 0.846. The highest BCUT2D eigenvalue weighted by molar-refractivity contribution is 5.91. The molecule has 92 valence electrons. The molecule has 1 atom stereocenters. The molecule has 0 aromatic carbocycles. The van der Waals surface area contributed by atoms with Crippen LogP contribution in [0.2, 0.25) is 0 Å². The Labute approximate surface area is 98.8 Å². The molecule has 6 nitrogen and oxygen atoms in total. The van der Waals surface area contributed by atoms with Crippen LogP contribution >= 0.6 is 0 Å². The number of hydrogen-bond donors (Lipinski definition) is 3. The first-order valence-corrected chi connectivity index (χ1v) is 5.27. The molecular formula is C11H15N3O3. The first kappa shape index (κ1) is 13.0. The number of pyridine rings is 1. The molecule has 0 saturated carbocycles. The zero-order valence-electron chi connectivity index (χ0n) is 9.51. The molecule has 6 heteroatoms. The van der Waals surface area contributed by atoms with Crippen molar-refractivity contribution in [3.05, 3.63) is 24.0 Å². The van der Waals surface area contributed by atoms with E-state index in [1.165, 1.54) is 12.3 Å². The minimum absolute atomic E-state index is 0.0186. The molecule has 0 spiro atoms. The Morgan fingerprint density at radius 2 is 2.29 bits per heavy atom. The van der Waals surface area contributed by atoms with E-state index in [1.807, 2.05) is 6.92 Å². The molecule has 1 aromatic rings. The van der Waals surface area contributed by atoms with E-state index in [2.05, 4.69) is 10.3 Å². The van der Waals surface area contributed by atoms with Crippen molar-refractivity contribution >= 4 is 17.6 Å². The van der Waals surface area contributed by atoms with Gasteiger partial charge >= 0.3 is 5.97 Å². The van der Waals surface area contributed by atoms with Crippen LogP contribution in [0.5, 0.6) is 0 Å². The molecule has 0 bridgehead atoms. The maximum absolute atomic E-state index is 10.9. The van der Waals surface area contributed by atoms with E-state index in [0.29, 0.717) is 12.1 Å². The maximum Gasteiger partial charge on any atom is 0.305 e. The van der Waals surface area contributed by atoms with Crippen molar-refractivity contribution < 1.29 is 14.7 Å². The molecule has 1 heterocycles. The fraction of sp³-hybridized carbons (Fsp3) is 0.364. The topological polar surface area (TPSA) is 105 Å². The lowest BCUT2D eigenvalue weighted by Crippen LogP contribution is -2.22. The van der Waals surface area contributed by atoms with E-state index in [-0.39, 0.29) is 18.2 Å². The molecule has 0 saturated heterocycles. The molecule has 0 aliphatic carbocycles. The number of carbonyl (C=O) groups excluding carboxylic acids is 1. The van der Waals surface area contributed by atoms with Gasteiger partial charge in [-0.3, -0.25) is 14.6 Å². The summed E-state index contributed by atoms with van der Waals surface area (Å²) in [6.07, 6.45) is 2.14. The third-order valence-corrected chi connectivity index (χ3v) is 2.30. The normalized spacial score (nSPS) is 11.8. The second-order valence-electron chi connectivity index (χ2n) is 3.64. The number of carboxylic acids is 1. The van der Waals surface area contributed by atoms with Crippen molar-refractivity contribution in [2.75, 3.05) is 5.32 Å². The van der Waals surface area contributed by atoms with Crippen molar-refractivity contribution in [1.82, 2.24) is 4.98 Å². The molecular weight excluding hydrogens is 222 g/mol. The highest BCUT2D eigenvalue weighted by atomic mass is 16.4. The van der Waals surface area contributed by atoms with Gasteiger partial charge in [0.05, 0.1) is 6.42 Å². The Balaban J connectivity index is 2.75. The standard InChI is InChI=1S/C11H15N3O3/c1-2-7(6-10(15)16)14-8-3-4-13-9(5-8)11(12)17/h3-5,7H,2,6H2,1H3,(H2,12,17)(H,13,14)(H,15,16). The summed E-state index contributed by atoms with van der Waals surface area (Å²) in [7, 11) is 0.